The van der Waals surface area contributed by atoms with Crippen LogP contribution in [-0.2, 0) is 16.8 Å². The van der Waals surface area contributed by atoms with Crippen molar-refractivity contribution in [1.82, 2.24) is 15.3 Å². The number of thiophene rings is 1. The highest BCUT2D eigenvalue weighted by molar-refractivity contribution is 7.14. The van der Waals surface area contributed by atoms with E-state index in [0.29, 0.717) is 24.4 Å². The molecule has 1 aliphatic rings. The molecule has 1 aromatic heterocycles. The Morgan fingerprint density at radius 2 is 2.13 bits per heavy atom. The standard InChI is InChI=1S/C16H25N3O3S/c1-16(2)10-19(13(20)6-5-7-18(3)4)9-11-8-12(15(21)17-22)23-14(11)16/h8,22H,5-7,9-10H2,1-4H3,(H,17,21). The summed E-state index contributed by atoms with van der Waals surface area (Å²) in [6.07, 6.45) is 1.38. The number of rotatable bonds is 5. The number of hydrogen-bond acceptors (Lipinski definition) is 5. The van der Waals surface area contributed by atoms with Crippen molar-refractivity contribution in [3.63, 3.8) is 0 Å². The van der Waals surface area contributed by atoms with Crippen molar-refractivity contribution in [2.45, 2.75) is 38.6 Å². The van der Waals surface area contributed by atoms with E-state index in [4.69, 9.17) is 5.21 Å². The summed E-state index contributed by atoms with van der Waals surface area (Å²) in [6, 6.07) is 1.78. The largest absolute Gasteiger partial charge is 0.337 e. The van der Waals surface area contributed by atoms with E-state index < -0.39 is 5.91 Å². The molecule has 0 atom stereocenters. The first-order valence-electron chi connectivity index (χ1n) is 7.74. The Morgan fingerprint density at radius 1 is 1.43 bits per heavy atom. The van der Waals surface area contributed by atoms with E-state index in [1.165, 1.54) is 11.3 Å². The van der Waals surface area contributed by atoms with Gasteiger partial charge in [-0.1, -0.05) is 13.8 Å². The number of hydrogen-bond donors (Lipinski definition) is 2. The lowest BCUT2D eigenvalue weighted by atomic mass is 9.85. The predicted octanol–water partition coefficient (Wildman–Crippen LogP) is 1.83. The van der Waals surface area contributed by atoms with Crippen LogP contribution in [0.5, 0.6) is 0 Å². The summed E-state index contributed by atoms with van der Waals surface area (Å²) in [6.45, 7) is 6.26. The molecule has 0 bridgehead atoms. The summed E-state index contributed by atoms with van der Waals surface area (Å²) in [7, 11) is 4.00. The van der Waals surface area contributed by atoms with Gasteiger partial charge in [-0.05, 0) is 38.7 Å². The molecule has 0 fully saturated rings. The molecule has 0 saturated heterocycles. The molecule has 0 radical (unpaired) electrons. The van der Waals surface area contributed by atoms with Gasteiger partial charge in [0.05, 0.1) is 4.88 Å². The van der Waals surface area contributed by atoms with Gasteiger partial charge in [0.2, 0.25) is 5.91 Å². The van der Waals surface area contributed by atoms with E-state index >= 15 is 0 Å². The fraction of sp³-hybridized carbons (Fsp3) is 0.625. The van der Waals surface area contributed by atoms with Gasteiger partial charge < -0.3 is 9.80 Å². The maximum Gasteiger partial charge on any atom is 0.284 e. The summed E-state index contributed by atoms with van der Waals surface area (Å²) in [5.74, 6) is -0.339. The minimum absolute atomic E-state index is 0.157. The average molecular weight is 339 g/mol. The molecule has 0 aliphatic carbocycles. The fourth-order valence-corrected chi connectivity index (χ4v) is 4.13. The van der Waals surface area contributed by atoms with Crippen LogP contribution in [-0.4, -0.2) is 54.0 Å². The minimum atomic E-state index is -0.496. The van der Waals surface area contributed by atoms with Crippen LogP contribution < -0.4 is 5.48 Å². The zero-order chi connectivity index (χ0) is 17.2. The normalized spacial score (nSPS) is 16.3. The summed E-state index contributed by atoms with van der Waals surface area (Å²) in [5.41, 5.74) is 2.49. The van der Waals surface area contributed by atoms with E-state index in [1.807, 2.05) is 19.0 Å². The lowest BCUT2D eigenvalue weighted by Crippen LogP contribution is -2.44. The Kier molecular flexibility index (Phi) is 5.44. The topological polar surface area (TPSA) is 72.9 Å². The summed E-state index contributed by atoms with van der Waals surface area (Å²) in [4.78, 5) is 29.6. The maximum absolute atomic E-state index is 12.5. The van der Waals surface area contributed by atoms with E-state index in [9.17, 15) is 9.59 Å². The summed E-state index contributed by atoms with van der Waals surface area (Å²) >= 11 is 1.39. The molecule has 0 aromatic carbocycles. The van der Waals surface area contributed by atoms with Gasteiger partial charge in [-0.15, -0.1) is 11.3 Å². The molecule has 6 nitrogen and oxygen atoms in total. The molecule has 0 spiro atoms. The van der Waals surface area contributed by atoms with Gasteiger partial charge in [0, 0.05) is 29.8 Å². The van der Waals surface area contributed by atoms with Crippen molar-refractivity contribution in [3.8, 4) is 0 Å². The van der Waals surface area contributed by atoms with Crippen molar-refractivity contribution < 1.29 is 14.8 Å². The number of carbonyl (C=O) groups excluding carboxylic acids is 2. The molecular weight excluding hydrogens is 314 g/mol. The number of fused-ring (bicyclic) bond motifs is 1. The summed E-state index contributed by atoms with van der Waals surface area (Å²) in [5, 5.41) is 8.80. The molecule has 2 heterocycles. The van der Waals surface area contributed by atoms with Gasteiger partial charge in [-0.3, -0.25) is 14.8 Å². The number of nitrogens with one attached hydrogen (secondary N) is 1. The molecule has 128 valence electrons. The second-order valence-corrected chi connectivity index (χ2v) is 8.00. The Labute approximate surface area is 141 Å². The van der Waals surface area contributed by atoms with E-state index in [2.05, 4.69) is 18.7 Å². The second-order valence-electron chi connectivity index (χ2n) is 6.95. The third-order valence-corrected chi connectivity index (χ3v) is 5.59. The van der Waals surface area contributed by atoms with Gasteiger partial charge >= 0.3 is 0 Å². The lowest BCUT2D eigenvalue weighted by Gasteiger charge is -2.38. The molecule has 2 amide bonds. The van der Waals surface area contributed by atoms with Crippen molar-refractivity contribution in [1.29, 1.82) is 0 Å². The molecule has 7 heteroatoms. The average Bonchev–Trinajstić information content (AvgIpc) is 2.90. The molecule has 1 aromatic rings. The van der Waals surface area contributed by atoms with Crippen LogP contribution in [0.1, 0.15) is 46.8 Å². The van der Waals surface area contributed by atoms with Crippen LogP contribution in [0.4, 0.5) is 0 Å². The number of carbonyl (C=O) groups is 2. The third kappa shape index (κ3) is 4.10. The maximum atomic E-state index is 12.5. The van der Waals surface area contributed by atoms with Crippen LogP contribution in [0, 0.1) is 0 Å². The lowest BCUT2D eigenvalue weighted by molar-refractivity contribution is -0.133. The smallest absolute Gasteiger partial charge is 0.284 e. The van der Waals surface area contributed by atoms with Crippen LogP contribution in [0.15, 0.2) is 6.07 Å². The van der Waals surface area contributed by atoms with Gasteiger partial charge in [-0.2, -0.15) is 0 Å². The molecule has 2 N–H and O–H groups in total. The molecular formula is C16H25N3O3S. The zero-order valence-electron chi connectivity index (χ0n) is 14.2. The van der Waals surface area contributed by atoms with Crippen LogP contribution in [0.25, 0.3) is 0 Å². The third-order valence-electron chi connectivity index (χ3n) is 4.05. The van der Waals surface area contributed by atoms with Crippen LogP contribution in [0.2, 0.25) is 0 Å². The van der Waals surface area contributed by atoms with E-state index in [-0.39, 0.29) is 11.3 Å². The Balaban J connectivity index is 2.12. The minimum Gasteiger partial charge on any atom is -0.337 e. The van der Waals surface area contributed by atoms with Crippen LogP contribution >= 0.6 is 11.3 Å². The fourth-order valence-electron chi connectivity index (χ4n) is 2.98. The molecule has 1 aliphatic heterocycles. The first-order chi connectivity index (χ1) is 10.7. The second kappa shape index (κ2) is 6.98. The van der Waals surface area contributed by atoms with Crippen LogP contribution in [0.3, 0.4) is 0 Å². The highest BCUT2D eigenvalue weighted by atomic mass is 32.1. The first-order valence-corrected chi connectivity index (χ1v) is 8.56. The highest BCUT2D eigenvalue weighted by Gasteiger charge is 2.36. The van der Waals surface area contributed by atoms with Gasteiger partial charge in [-0.25, -0.2) is 5.48 Å². The monoisotopic (exact) mass is 339 g/mol. The zero-order valence-corrected chi connectivity index (χ0v) is 15.0. The first kappa shape index (κ1) is 17.9. The van der Waals surface area contributed by atoms with Crippen molar-refractivity contribution in [3.05, 3.63) is 21.4 Å². The molecule has 23 heavy (non-hydrogen) atoms. The predicted molar refractivity (Wildman–Crippen MR) is 89.8 cm³/mol. The SMILES string of the molecule is CN(C)CCCC(=O)N1Cc2cc(C(=O)NO)sc2C(C)(C)C1. The Bertz CT molecular complexity index is 595. The van der Waals surface area contributed by atoms with Crippen molar-refractivity contribution in [2.75, 3.05) is 27.2 Å². The Morgan fingerprint density at radius 3 is 2.74 bits per heavy atom. The van der Waals surface area contributed by atoms with Crippen molar-refractivity contribution in [2.24, 2.45) is 0 Å². The van der Waals surface area contributed by atoms with Gasteiger partial charge in [0.25, 0.3) is 5.91 Å². The quantitative estimate of drug-likeness (QED) is 0.634. The van der Waals surface area contributed by atoms with E-state index in [0.717, 1.165) is 23.4 Å². The van der Waals surface area contributed by atoms with E-state index in [1.54, 1.807) is 11.5 Å². The number of nitrogens with zero attached hydrogens (tertiary/aromatic N) is 2. The molecule has 0 unspecified atom stereocenters. The van der Waals surface area contributed by atoms with Gasteiger partial charge in [0.15, 0.2) is 0 Å². The Hall–Kier alpha value is -1.44. The van der Waals surface area contributed by atoms with Crippen molar-refractivity contribution >= 4 is 23.2 Å². The summed E-state index contributed by atoms with van der Waals surface area (Å²) < 4.78 is 0. The van der Waals surface area contributed by atoms with Gasteiger partial charge in [0.1, 0.15) is 0 Å². The highest BCUT2D eigenvalue weighted by Crippen LogP contribution is 2.39. The molecule has 0 saturated carbocycles. The molecule has 2 rings (SSSR count). The number of amides is 2. The number of hydroxylamine groups is 1.